The molecule has 112 valence electrons. The number of rotatable bonds is 4. The molecule has 19 heavy (non-hydrogen) atoms. The summed E-state index contributed by atoms with van der Waals surface area (Å²) in [5.41, 5.74) is -0.743. The third kappa shape index (κ3) is 3.30. The Labute approximate surface area is 117 Å². The minimum absolute atomic E-state index is 0.133. The van der Waals surface area contributed by atoms with Gasteiger partial charge < -0.3 is 19.5 Å². The lowest BCUT2D eigenvalue weighted by Gasteiger charge is -2.31. The summed E-state index contributed by atoms with van der Waals surface area (Å²) in [5, 5.41) is 10.5. The summed E-state index contributed by atoms with van der Waals surface area (Å²) in [6.45, 7) is 10.8. The Kier molecular flexibility index (Phi) is 4.26. The van der Waals surface area contributed by atoms with Gasteiger partial charge in [0.2, 0.25) is 0 Å². The number of aliphatic hydroxyl groups is 1. The van der Waals surface area contributed by atoms with E-state index in [1.807, 2.05) is 13.8 Å². The summed E-state index contributed by atoms with van der Waals surface area (Å²) >= 11 is 0. The normalized spacial score (nSPS) is 37.1. The van der Waals surface area contributed by atoms with E-state index in [1.165, 1.54) is 6.42 Å². The van der Waals surface area contributed by atoms with E-state index in [9.17, 15) is 5.11 Å². The van der Waals surface area contributed by atoms with Gasteiger partial charge in [0.1, 0.15) is 0 Å². The van der Waals surface area contributed by atoms with Crippen molar-refractivity contribution in [2.24, 2.45) is 5.92 Å². The molecular weight excluding hydrogens is 242 g/mol. The van der Waals surface area contributed by atoms with Crippen molar-refractivity contribution >= 4 is 0 Å². The van der Waals surface area contributed by atoms with Gasteiger partial charge in [0.25, 0.3) is 0 Å². The molecule has 0 spiro atoms. The lowest BCUT2D eigenvalue weighted by Crippen LogP contribution is -2.44. The predicted molar refractivity (Wildman–Crippen MR) is 75.2 cm³/mol. The summed E-state index contributed by atoms with van der Waals surface area (Å²) in [5.74, 6) is 0.133. The second-order valence-electron chi connectivity index (χ2n) is 7.22. The van der Waals surface area contributed by atoms with E-state index < -0.39 is 11.7 Å². The van der Waals surface area contributed by atoms with Gasteiger partial charge in [0.05, 0.1) is 23.4 Å². The van der Waals surface area contributed by atoms with E-state index >= 15 is 0 Å². The number of hydrogen-bond acceptors (Lipinski definition) is 4. The quantitative estimate of drug-likeness (QED) is 0.844. The standard InChI is InChI=1S/C15H29NO3/c1-14(2)12(13(17)15(3,4)19-14)10-16(5)9-11-7-6-8-18-11/h11-13,17H,6-10H2,1-5H3. The van der Waals surface area contributed by atoms with Crippen molar-refractivity contribution in [3.63, 3.8) is 0 Å². The average Bonchev–Trinajstić information content (AvgIpc) is 2.80. The van der Waals surface area contributed by atoms with Gasteiger partial charge in [-0.25, -0.2) is 0 Å². The molecule has 3 atom stereocenters. The topological polar surface area (TPSA) is 41.9 Å². The minimum Gasteiger partial charge on any atom is -0.390 e. The van der Waals surface area contributed by atoms with Crippen LogP contribution in [0.5, 0.6) is 0 Å². The molecule has 0 aromatic rings. The van der Waals surface area contributed by atoms with Gasteiger partial charge >= 0.3 is 0 Å². The van der Waals surface area contributed by atoms with E-state index in [0.717, 1.165) is 26.1 Å². The summed E-state index contributed by atoms with van der Waals surface area (Å²) in [6, 6.07) is 0. The molecule has 0 bridgehead atoms. The van der Waals surface area contributed by atoms with Crippen LogP contribution in [-0.2, 0) is 9.47 Å². The Bertz CT molecular complexity index is 311. The van der Waals surface area contributed by atoms with Gasteiger partial charge in [-0.15, -0.1) is 0 Å². The number of aliphatic hydroxyl groups excluding tert-OH is 1. The molecule has 2 fully saturated rings. The van der Waals surface area contributed by atoms with Crippen molar-refractivity contribution in [1.82, 2.24) is 4.90 Å². The molecule has 2 aliphatic rings. The first-order chi connectivity index (χ1) is 8.72. The number of ether oxygens (including phenoxy) is 2. The second kappa shape index (κ2) is 5.32. The van der Waals surface area contributed by atoms with Crippen molar-refractivity contribution < 1.29 is 14.6 Å². The smallest absolute Gasteiger partial charge is 0.0896 e. The molecular formula is C15H29NO3. The van der Waals surface area contributed by atoms with E-state index in [2.05, 4.69) is 25.8 Å². The average molecular weight is 271 g/mol. The summed E-state index contributed by atoms with van der Waals surface area (Å²) < 4.78 is 11.7. The zero-order valence-corrected chi connectivity index (χ0v) is 13.0. The Morgan fingerprint density at radius 1 is 1.16 bits per heavy atom. The molecule has 0 saturated carbocycles. The zero-order chi connectivity index (χ0) is 14.3. The van der Waals surface area contributed by atoms with Crippen LogP contribution in [-0.4, -0.2) is 60.2 Å². The predicted octanol–water partition coefficient (Wildman–Crippen LogP) is 1.66. The van der Waals surface area contributed by atoms with Crippen LogP contribution >= 0.6 is 0 Å². The van der Waals surface area contributed by atoms with Crippen molar-refractivity contribution in [1.29, 1.82) is 0 Å². The zero-order valence-electron chi connectivity index (χ0n) is 13.0. The first kappa shape index (κ1) is 15.2. The third-order valence-electron chi connectivity index (χ3n) is 4.56. The van der Waals surface area contributed by atoms with E-state index in [-0.39, 0.29) is 11.5 Å². The van der Waals surface area contributed by atoms with Crippen LogP contribution in [0, 0.1) is 5.92 Å². The van der Waals surface area contributed by atoms with Crippen molar-refractivity contribution in [3.05, 3.63) is 0 Å². The molecule has 4 nitrogen and oxygen atoms in total. The van der Waals surface area contributed by atoms with Gasteiger partial charge in [-0.05, 0) is 47.6 Å². The minimum atomic E-state index is -0.459. The lowest BCUT2D eigenvalue weighted by atomic mass is 9.84. The van der Waals surface area contributed by atoms with Crippen LogP contribution in [0.3, 0.4) is 0 Å². The molecule has 0 aliphatic carbocycles. The Morgan fingerprint density at radius 2 is 1.84 bits per heavy atom. The molecule has 0 amide bonds. The largest absolute Gasteiger partial charge is 0.390 e. The highest BCUT2D eigenvalue weighted by atomic mass is 16.5. The maximum absolute atomic E-state index is 10.5. The SMILES string of the molecule is CN(CC1CCCO1)CC1C(O)C(C)(C)OC1(C)C. The maximum atomic E-state index is 10.5. The summed E-state index contributed by atoms with van der Waals surface area (Å²) in [6.07, 6.45) is 2.27. The Hall–Kier alpha value is -0.160. The summed E-state index contributed by atoms with van der Waals surface area (Å²) in [7, 11) is 2.11. The molecule has 4 heteroatoms. The van der Waals surface area contributed by atoms with Gasteiger partial charge in [0, 0.05) is 25.6 Å². The fourth-order valence-corrected chi connectivity index (χ4v) is 3.54. The molecule has 2 aliphatic heterocycles. The van der Waals surface area contributed by atoms with E-state index in [4.69, 9.17) is 9.47 Å². The summed E-state index contributed by atoms with van der Waals surface area (Å²) in [4.78, 5) is 2.27. The van der Waals surface area contributed by atoms with Crippen LogP contribution in [0.2, 0.25) is 0 Å². The second-order valence-corrected chi connectivity index (χ2v) is 7.22. The van der Waals surface area contributed by atoms with Gasteiger partial charge in [-0.3, -0.25) is 0 Å². The van der Waals surface area contributed by atoms with Crippen molar-refractivity contribution in [3.8, 4) is 0 Å². The number of likely N-dealkylation sites (N-methyl/N-ethyl adjacent to an activating group) is 1. The first-order valence-electron chi connectivity index (χ1n) is 7.41. The molecule has 2 heterocycles. The highest BCUT2D eigenvalue weighted by molar-refractivity contribution is 5.02. The molecule has 0 aromatic carbocycles. The lowest BCUT2D eigenvalue weighted by molar-refractivity contribution is -0.0913. The molecule has 0 radical (unpaired) electrons. The molecule has 1 N–H and O–H groups in total. The van der Waals surface area contributed by atoms with Crippen LogP contribution in [0.25, 0.3) is 0 Å². The fraction of sp³-hybridized carbons (Fsp3) is 1.00. The molecule has 0 aromatic heterocycles. The van der Waals surface area contributed by atoms with Crippen molar-refractivity contribution in [2.75, 3.05) is 26.7 Å². The van der Waals surface area contributed by atoms with E-state index in [0.29, 0.717) is 6.10 Å². The molecule has 2 saturated heterocycles. The molecule has 3 unspecified atom stereocenters. The van der Waals surface area contributed by atoms with Gasteiger partial charge in [-0.2, -0.15) is 0 Å². The highest BCUT2D eigenvalue weighted by Crippen LogP contribution is 2.42. The van der Waals surface area contributed by atoms with Crippen molar-refractivity contribution in [2.45, 2.75) is 63.9 Å². The van der Waals surface area contributed by atoms with Crippen LogP contribution < -0.4 is 0 Å². The fourth-order valence-electron chi connectivity index (χ4n) is 3.54. The van der Waals surface area contributed by atoms with Crippen LogP contribution in [0.1, 0.15) is 40.5 Å². The van der Waals surface area contributed by atoms with E-state index in [1.54, 1.807) is 0 Å². The Morgan fingerprint density at radius 3 is 2.32 bits per heavy atom. The Balaban J connectivity index is 1.93. The third-order valence-corrected chi connectivity index (χ3v) is 4.56. The number of hydrogen-bond donors (Lipinski definition) is 1. The van der Waals surface area contributed by atoms with Gasteiger partial charge in [0.15, 0.2) is 0 Å². The van der Waals surface area contributed by atoms with Crippen LogP contribution in [0.4, 0.5) is 0 Å². The molecule has 2 rings (SSSR count). The van der Waals surface area contributed by atoms with Gasteiger partial charge in [-0.1, -0.05) is 0 Å². The number of nitrogens with zero attached hydrogens (tertiary/aromatic N) is 1. The monoisotopic (exact) mass is 271 g/mol. The first-order valence-corrected chi connectivity index (χ1v) is 7.41. The highest BCUT2D eigenvalue weighted by Gasteiger charge is 2.53. The maximum Gasteiger partial charge on any atom is 0.0896 e. The van der Waals surface area contributed by atoms with Crippen LogP contribution in [0.15, 0.2) is 0 Å².